The summed E-state index contributed by atoms with van der Waals surface area (Å²) in [5.74, 6) is 0. The lowest BCUT2D eigenvalue weighted by atomic mass is 10.7. The van der Waals surface area contributed by atoms with Crippen molar-refractivity contribution in [3.63, 3.8) is 0 Å². The lowest BCUT2D eigenvalue weighted by Crippen LogP contribution is -2.03. The number of hydrogen-bond donors (Lipinski definition) is 3. The molecular weight excluding hydrogens is 134 g/mol. The van der Waals surface area contributed by atoms with Crippen molar-refractivity contribution in [2.45, 2.75) is 0 Å². The lowest BCUT2D eigenvalue weighted by molar-refractivity contribution is 0.0650. The smallest absolute Gasteiger partial charge is 0.0698 e. The van der Waals surface area contributed by atoms with Gasteiger partial charge < -0.3 is 20.3 Å². The van der Waals surface area contributed by atoms with Crippen LogP contribution in [-0.4, -0.2) is 50.7 Å². The Bertz CT molecular complexity index is 40.0. The van der Waals surface area contributed by atoms with E-state index in [-0.39, 0.29) is 13.2 Å². The Morgan fingerprint density at radius 3 is 1.60 bits per heavy atom. The third-order valence-corrected chi connectivity index (χ3v) is 0.471. The van der Waals surface area contributed by atoms with Gasteiger partial charge in [-0.2, -0.15) is 0 Å². The summed E-state index contributed by atoms with van der Waals surface area (Å²) in [5, 5.41) is 18.9. The highest BCUT2D eigenvalue weighted by Gasteiger charge is 1.79. The van der Waals surface area contributed by atoms with E-state index in [0.717, 1.165) is 0 Å². The van der Waals surface area contributed by atoms with Gasteiger partial charge in [0.1, 0.15) is 0 Å². The summed E-state index contributed by atoms with van der Waals surface area (Å²) in [6.07, 6.45) is 0. The molecule has 0 aliphatic rings. The first-order valence-corrected chi connectivity index (χ1v) is 3.21. The largest absolute Gasteiger partial charge is 0.394 e. The molecule has 4 nitrogen and oxygen atoms in total. The third kappa shape index (κ3) is 24.9. The third-order valence-electron chi connectivity index (χ3n) is 0.471. The molecule has 0 aromatic heterocycles. The van der Waals surface area contributed by atoms with Crippen molar-refractivity contribution in [3.05, 3.63) is 0 Å². The first kappa shape index (κ1) is 12.5. The minimum absolute atomic E-state index is 0.0278. The molecule has 4 heteroatoms. The summed E-state index contributed by atoms with van der Waals surface area (Å²) in [4.78, 5) is 0. The summed E-state index contributed by atoms with van der Waals surface area (Å²) >= 11 is 0. The van der Waals surface area contributed by atoms with Crippen LogP contribution in [0.5, 0.6) is 0 Å². The summed E-state index contributed by atoms with van der Waals surface area (Å²) in [6, 6.07) is 0. The van der Waals surface area contributed by atoms with E-state index in [2.05, 4.69) is 10.1 Å². The maximum absolute atomic E-state index is 8.09. The molecule has 0 aliphatic carbocycles. The molecule has 10 heavy (non-hydrogen) atoms. The van der Waals surface area contributed by atoms with Crippen LogP contribution in [0.2, 0.25) is 0 Å². The van der Waals surface area contributed by atoms with Crippen LogP contribution in [0.4, 0.5) is 0 Å². The zero-order valence-corrected chi connectivity index (χ0v) is 6.63. The SMILES string of the molecule is CNC.OCCOCCO. The van der Waals surface area contributed by atoms with Crippen LogP contribution < -0.4 is 5.32 Å². The number of nitrogens with one attached hydrogen (secondary N) is 1. The number of ether oxygens (including phenoxy) is 1. The Balaban J connectivity index is 0. The van der Waals surface area contributed by atoms with Crippen LogP contribution in [0.15, 0.2) is 0 Å². The summed E-state index contributed by atoms with van der Waals surface area (Å²) in [5.41, 5.74) is 0. The number of hydrogen-bond acceptors (Lipinski definition) is 4. The average Bonchev–Trinajstić information content (AvgIpc) is 1.91. The predicted molar refractivity (Wildman–Crippen MR) is 40.0 cm³/mol. The molecule has 0 heterocycles. The Morgan fingerprint density at radius 2 is 1.40 bits per heavy atom. The van der Waals surface area contributed by atoms with Gasteiger partial charge in [0.15, 0.2) is 0 Å². The zero-order valence-electron chi connectivity index (χ0n) is 6.63. The Morgan fingerprint density at radius 1 is 1.10 bits per heavy atom. The van der Waals surface area contributed by atoms with E-state index in [0.29, 0.717) is 13.2 Å². The fourth-order valence-corrected chi connectivity index (χ4v) is 0.231. The molecule has 0 unspecified atom stereocenters. The van der Waals surface area contributed by atoms with Crippen molar-refractivity contribution in [3.8, 4) is 0 Å². The molecular formula is C6H17NO3. The summed E-state index contributed by atoms with van der Waals surface area (Å²) in [7, 11) is 3.75. The summed E-state index contributed by atoms with van der Waals surface area (Å²) in [6.45, 7) is 0.696. The highest BCUT2D eigenvalue weighted by Crippen LogP contribution is 1.68. The van der Waals surface area contributed by atoms with Gasteiger partial charge in [0, 0.05) is 0 Å². The van der Waals surface area contributed by atoms with E-state index in [1.165, 1.54) is 0 Å². The molecule has 0 bridgehead atoms. The molecule has 3 N–H and O–H groups in total. The predicted octanol–water partition coefficient (Wildman–Crippen LogP) is -1.18. The number of aliphatic hydroxyl groups excluding tert-OH is 2. The van der Waals surface area contributed by atoms with Gasteiger partial charge in [0.2, 0.25) is 0 Å². The first-order valence-electron chi connectivity index (χ1n) is 3.21. The van der Waals surface area contributed by atoms with Crippen molar-refractivity contribution in [2.75, 3.05) is 40.5 Å². The van der Waals surface area contributed by atoms with Crippen molar-refractivity contribution in [1.29, 1.82) is 0 Å². The van der Waals surface area contributed by atoms with Gasteiger partial charge in [0.25, 0.3) is 0 Å². The Kier molecular flexibility index (Phi) is 19.9. The highest BCUT2D eigenvalue weighted by molar-refractivity contribution is 4.24. The lowest BCUT2D eigenvalue weighted by Gasteiger charge is -1.94. The fourth-order valence-electron chi connectivity index (χ4n) is 0.231. The van der Waals surface area contributed by atoms with E-state index in [4.69, 9.17) is 10.2 Å². The fraction of sp³-hybridized carbons (Fsp3) is 1.00. The van der Waals surface area contributed by atoms with E-state index >= 15 is 0 Å². The van der Waals surface area contributed by atoms with Crippen LogP contribution in [0.1, 0.15) is 0 Å². The molecule has 0 saturated carbocycles. The second kappa shape index (κ2) is 15.9. The monoisotopic (exact) mass is 151 g/mol. The van der Waals surface area contributed by atoms with Gasteiger partial charge in [-0.15, -0.1) is 0 Å². The zero-order chi connectivity index (χ0) is 8.24. The van der Waals surface area contributed by atoms with Crippen molar-refractivity contribution < 1.29 is 14.9 Å². The molecule has 0 saturated heterocycles. The van der Waals surface area contributed by atoms with Crippen LogP contribution >= 0.6 is 0 Å². The normalized spacial score (nSPS) is 8.40. The van der Waals surface area contributed by atoms with Crippen LogP contribution in [0.25, 0.3) is 0 Å². The Hall–Kier alpha value is -0.160. The van der Waals surface area contributed by atoms with Crippen LogP contribution in [0, 0.1) is 0 Å². The quantitative estimate of drug-likeness (QED) is 0.443. The molecule has 64 valence electrons. The van der Waals surface area contributed by atoms with Gasteiger partial charge in [-0.05, 0) is 14.1 Å². The van der Waals surface area contributed by atoms with Gasteiger partial charge in [-0.1, -0.05) is 0 Å². The maximum atomic E-state index is 8.09. The molecule has 0 amide bonds. The minimum atomic E-state index is 0.0278. The highest BCUT2D eigenvalue weighted by atomic mass is 16.5. The average molecular weight is 151 g/mol. The van der Waals surface area contributed by atoms with E-state index in [1.54, 1.807) is 0 Å². The second-order valence-corrected chi connectivity index (χ2v) is 1.56. The molecule has 0 aliphatic heterocycles. The van der Waals surface area contributed by atoms with Crippen molar-refractivity contribution in [1.82, 2.24) is 5.32 Å². The van der Waals surface area contributed by atoms with Crippen LogP contribution in [-0.2, 0) is 4.74 Å². The van der Waals surface area contributed by atoms with Crippen molar-refractivity contribution >= 4 is 0 Å². The number of aliphatic hydroxyl groups is 2. The van der Waals surface area contributed by atoms with Gasteiger partial charge in [-0.3, -0.25) is 0 Å². The minimum Gasteiger partial charge on any atom is -0.394 e. The van der Waals surface area contributed by atoms with E-state index in [1.807, 2.05) is 14.1 Å². The van der Waals surface area contributed by atoms with Gasteiger partial charge in [-0.25, -0.2) is 0 Å². The van der Waals surface area contributed by atoms with Gasteiger partial charge in [0.05, 0.1) is 26.4 Å². The molecule has 0 radical (unpaired) electrons. The molecule has 0 spiro atoms. The second-order valence-electron chi connectivity index (χ2n) is 1.56. The Labute approximate surface area is 61.8 Å². The maximum Gasteiger partial charge on any atom is 0.0698 e. The van der Waals surface area contributed by atoms with Gasteiger partial charge >= 0.3 is 0 Å². The summed E-state index contributed by atoms with van der Waals surface area (Å²) < 4.78 is 4.63. The van der Waals surface area contributed by atoms with E-state index < -0.39 is 0 Å². The topological polar surface area (TPSA) is 61.7 Å². The molecule has 0 aromatic carbocycles. The molecule has 0 aromatic rings. The number of rotatable bonds is 4. The first-order chi connectivity index (χ1) is 4.83. The molecule has 0 rings (SSSR count). The van der Waals surface area contributed by atoms with Crippen LogP contribution in [0.3, 0.4) is 0 Å². The standard InChI is InChI=1S/C4H10O3.C2H7N/c5-1-3-7-4-2-6;1-3-2/h5-6H,1-4H2;3H,1-2H3. The van der Waals surface area contributed by atoms with E-state index in [9.17, 15) is 0 Å². The molecule has 0 fully saturated rings. The molecule has 0 atom stereocenters. The van der Waals surface area contributed by atoms with Crippen molar-refractivity contribution in [2.24, 2.45) is 0 Å².